The number of rotatable bonds is 0. The maximum atomic E-state index is 13.1. The van der Waals surface area contributed by atoms with Crippen LogP contribution in [-0.2, 0) is 9.47 Å². The zero-order chi connectivity index (χ0) is 9.80. The number of hydrogen-bond donors (Lipinski definition) is 2. The third-order valence-electron chi connectivity index (χ3n) is 2.57. The standard InChI is InChI=1S/C8H14FNO3/c1-8(2)12-6-4(10)3(9)5(11)7(6)13-8/h3-7,11H,10H2,1-2H3/t3-,4-,5+,6+,7?/m1/s1. The predicted octanol–water partition coefficient (Wildman–Crippen LogP) is -0.454. The normalized spacial score (nSPS) is 53.8. The fourth-order valence-electron chi connectivity index (χ4n) is 1.97. The predicted molar refractivity (Wildman–Crippen MR) is 42.7 cm³/mol. The van der Waals surface area contributed by atoms with E-state index in [4.69, 9.17) is 15.2 Å². The van der Waals surface area contributed by atoms with Gasteiger partial charge in [0.05, 0.1) is 6.04 Å². The monoisotopic (exact) mass is 191 g/mol. The fourth-order valence-corrected chi connectivity index (χ4v) is 1.97. The van der Waals surface area contributed by atoms with Gasteiger partial charge in [0.1, 0.15) is 24.5 Å². The van der Waals surface area contributed by atoms with E-state index in [-0.39, 0.29) is 0 Å². The summed E-state index contributed by atoms with van der Waals surface area (Å²) in [5, 5.41) is 9.41. The van der Waals surface area contributed by atoms with Crippen LogP contribution in [0.3, 0.4) is 0 Å². The van der Waals surface area contributed by atoms with E-state index in [0.717, 1.165) is 0 Å². The van der Waals surface area contributed by atoms with E-state index in [1.54, 1.807) is 13.8 Å². The maximum absolute atomic E-state index is 13.1. The van der Waals surface area contributed by atoms with Crippen molar-refractivity contribution in [2.45, 2.75) is 50.2 Å². The molecule has 0 aromatic carbocycles. The second kappa shape index (κ2) is 2.63. The molecule has 1 aliphatic heterocycles. The van der Waals surface area contributed by atoms with Crippen LogP contribution in [0.15, 0.2) is 0 Å². The van der Waals surface area contributed by atoms with Crippen molar-refractivity contribution in [3.8, 4) is 0 Å². The molecular weight excluding hydrogens is 177 g/mol. The first-order chi connectivity index (χ1) is 5.92. The van der Waals surface area contributed by atoms with Crippen LogP contribution < -0.4 is 5.73 Å². The molecule has 0 amide bonds. The van der Waals surface area contributed by atoms with E-state index in [1.807, 2.05) is 0 Å². The molecule has 1 heterocycles. The summed E-state index contributed by atoms with van der Waals surface area (Å²) in [7, 11) is 0. The molecule has 0 radical (unpaired) electrons. The van der Waals surface area contributed by atoms with Crippen molar-refractivity contribution >= 4 is 0 Å². The second-order valence-electron chi connectivity index (χ2n) is 4.08. The van der Waals surface area contributed by atoms with Gasteiger partial charge in [-0.05, 0) is 13.8 Å². The number of hydrogen-bond acceptors (Lipinski definition) is 4. The van der Waals surface area contributed by atoms with Crippen molar-refractivity contribution in [2.75, 3.05) is 0 Å². The van der Waals surface area contributed by atoms with Crippen molar-refractivity contribution in [3.63, 3.8) is 0 Å². The maximum Gasteiger partial charge on any atom is 0.163 e. The number of alkyl halides is 1. The van der Waals surface area contributed by atoms with Gasteiger partial charge in [-0.2, -0.15) is 0 Å². The first-order valence-electron chi connectivity index (χ1n) is 4.36. The molecule has 76 valence electrons. The Morgan fingerprint density at radius 1 is 1.31 bits per heavy atom. The number of aliphatic hydroxyl groups is 1. The smallest absolute Gasteiger partial charge is 0.163 e. The van der Waals surface area contributed by atoms with Gasteiger partial charge < -0.3 is 20.3 Å². The van der Waals surface area contributed by atoms with Crippen molar-refractivity contribution < 1.29 is 19.0 Å². The summed E-state index contributed by atoms with van der Waals surface area (Å²) >= 11 is 0. The molecule has 2 aliphatic rings. The van der Waals surface area contributed by atoms with E-state index in [2.05, 4.69) is 0 Å². The van der Waals surface area contributed by atoms with Crippen LogP contribution in [0.2, 0.25) is 0 Å². The van der Waals surface area contributed by atoms with Crippen molar-refractivity contribution in [2.24, 2.45) is 5.73 Å². The summed E-state index contributed by atoms with van der Waals surface area (Å²) in [6.45, 7) is 3.44. The molecule has 5 atom stereocenters. The molecule has 5 heteroatoms. The molecule has 0 bridgehead atoms. The minimum Gasteiger partial charge on any atom is -0.387 e. The summed E-state index contributed by atoms with van der Waals surface area (Å²) in [5.41, 5.74) is 5.53. The van der Waals surface area contributed by atoms with Gasteiger partial charge in [0.25, 0.3) is 0 Å². The SMILES string of the molecule is CC1(C)OC2[C@@H](O)[C@H](F)[C@@H](N)[C@@H]2O1. The van der Waals surface area contributed by atoms with E-state index in [0.29, 0.717) is 0 Å². The van der Waals surface area contributed by atoms with Gasteiger partial charge in [-0.1, -0.05) is 0 Å². The fraction of sp³-hybridized carbons (Fsp3) is 1.00. The highest BCUT2D eigenvalue weighted by atomic mass is 19.1. The minimum atomic E-state index is -1.45. The van der Waals surface area contributed by atoms with Crippen LogP contribution in [-0.4, -0.2) is 41.4 Å². The molecule has 13 heavy (non-hydrogen) atoms. The van der Waals surface area contributed by atoms with E-state index < -0.39 is 36.3 Å². The van der Waals surface area contributed by atoms with Gasteiger partial charge >= 0.3 is 0 Å². The van der Waals surface area contributed by atoms with Crippen molar-refractivity contribution in [3.05, 3.63) is 0 Å². The quantitative estimate of drug-likeness (QED) is 0.544. The highest BCUT2D eigenvalue weighted by molar-refractivity contribution is 5.06. The average molecular weight is 191 g/mol. The van der Waals surface area contributed by atoms with Crippen LogP contribution in [0, 0.1) is 0 Å². The molecule has 1 saturated heterocycles. The lowest BCUT2D eigenvalue weighted by atomic mass is 10.2. The van der Waals surface area contributed by atoms with Crippen LogP contribution in [0.5, 0.6) is 0 Å². The number of halogens is 1. The average Bonchev–Trinajstić information content (AvgIpc) is 2.44. The first-order valence-corrected chi connectivity index (χ1v) is 4.36. The second-order valence-corrected chi connectivity index (χ2v) is 4.08. The lowest BCUT2D eigenvalue weighted by molar-refractivity contribution is -0.170. The molecule has 3 N–H and O–H groups in total. The summed E-state index contributed by atoms with van der Waals surface area (Å²) in [6, 6.07) is -0.790. The van der Waals surface area contributed by atoms with Gasteiger partial charge in [-0.25, -0.2) is 4.39 Å². The Morgan fingerprint density at radius 3 is 2.38 bits per heavy atom. The Kier molecular flexibility index (Phi) is 1.89. The molecular formula is C8H14FNO3. The van der Waals surface area contributed by atoms with Crippen LogP contribution in [0.25, 0.3) is 0 Å². The van der Waals surface area contributed by atoms with Crippen LogP contribution >= 0.6 is 0 Å². The summed E-state index contributed by atoms with van der Waals surface area (Å²) < 4.78 is 23.9. The van der Waals surface area contributed by atoms with Crippen LogP contribution in [0.1, 0.15) is 13.8 Å². The van der Waals surface area contributed by atoms with Gasteiger partial charge in [-0.3, -0.25) is 0 Å². The molecule has 1 unspecified atom stereocenters. The molecule has 0 spiro atoms. The lowest BCUT2D eigenvalue weighted by Crippen LogP contribution is -2.40. The molecule has 0 aromatic heterocycles. The topological polar surface area (TPSA) is 64.7 Å². The summed E-state index contributed by atoms with van der Waals surface area (Å²) in [6.07, 6.45) is -3.77. The third-order valence-corrected chi connectivity index (χ3v) is 2.57. The molecule has 4 nitrogen and oxygen atoms in total. The van der Waals surface area contributed by atoms with Gasteiger partial charge in [0.15, 0.2) is 5.79 Å². The minimum absolute atomic E-state index is 0.528. The molecule has 1 saturated carbocycles. The zero-order valence-corrected chi connectivity index (χ0v) is 7.61. The van der Waals surface area contributed by atoms with Crippen molar-refractivity contribution in [1.29, 1.82) is 0 Å². The van der Waals surface area contributed by atoms with E-state index in [9.17, 15) is 9.50 Å². The Hall–Kier alpha value is -0.230. The Bertz CT molecular complexity index is 203. The number of ether oxygens (including phenoxy) is 2. The Balaban J connectivity index is 2.18. The Labute approximate surface area is 75.8 Å². The lowest BCUT2D eigenvalue weighted by Gasteiger charge is -2.22. The summed E-state index contributed by atoms with van der Waals surface area (Å²) in [5.74, 6) is -0.770. The number of fused-ring (bicyclic) bond motifs is 1. The van der Waals surface area contributed by atoms with Crippen LogP contribution in [0.4, 0.5) is 4.39 Å². The largest absolute Gasteiger partial charge is 0.387 e. The Morgan fingerprint density at radius 2 is 1.85 bits per heavy atom. The molecule has 0 aromatic rings. The van der Waals surface area contributed by atoms with E-state index >= 15 is 0 Å². The number of aliphatic hydroxyl groups excluding tert-OH is 1. The third kappa shape index (κ3) is 1.27. The zero-order valence-electron chi connectivity index (χ0n) is 7.61. The van der Waals surface area contributed by atoms with Gasteiger partial charge in [0, 0.05) is 0 Å². The highest BCUT2D eigenvalue weighted by Gasteiger charge is 2.57. The summed E-state index contributed by atoms with van der Waals surface area (Å²) in [4.78, 5) is 0. The van der Waals surface area contributed by atoms with E-state index in [1.165, 1.54) is 0 Å². The first kappa shape index (κ1) is 9.33. The highest BCUT2D eigenvalue weighted by Crippen LogP contribution is 2.38. The van der Waals surface area contributed by atoms with Gasteiger partial charge in [0.2, 0.25) is 0 Å². The van der Waals surface area contributed by atoms with Gasteiger partial charge in [-0.15, -0.1) is 0 Å². The molecule has 2 rings (SSSR count). The molecule has 1 aliphatic carbocycles. The number of nitrogens with two attached hydrogens (primary N) is 1. The molecule has 2 fully saturated rings. The van der Waals surface area contributed by atoms with Crippen molar-refractivity contribution in [1.82, 2.24) is 0 Å².